The summed E-state index contributed by atoms with van der Waals surface area (Å²) in [7, 11) is 1.55. The van der Waals surface area contributed by atoms with Gasteiger partial charge in [0.05, 0.1) is 13.7 Å². The molecule has 0 bridgehead atoms. The number of hydrogen-bond donors (Lipinski definition) is 0. The molecule has 2 amide bonds. The molecule has 0 aliphatic rings. The highest BCUT2D eigenvalue weighted by Crippen LogP contribution is 2.25. The van der Waals surface area contributed by atoms with E-state index in [9.17, 15) is 9.59 Å². The Morgan fingerprint density at radius 3 is 2.39 bits per heavy atom. The Hall–Kier alpha value is -1.82. The Morgan fingerprint density at radius 1 is 1.30 bits per heavy atom. The molecule has 0 unspecified atom stereocenters. The maximum atomic E-state index is 12.4. The molecule has 0 aliphatic heterocycles. The largest absolute Gasteiger partial charge is 0.497 e. The quantitative estimate of drug-likeness (QED) is 0.727. The van der Waals surface area contributed by atoms with E-state index in [-0.39, 0.29) is 12.1 Å². The van der Waals surface area contributed by atoms with E-state index in [0.29, 0.717) is 5.75 Å². The number of amides is 2. The third kappa shape index (κ3) is 5.71. The van der Waals surface area contributed by atoms with Gasteiger partial charge in [-0.3, -0.25) is 4.79 Å². The van der Waals surface area contributed by atoms with Gasteiger partial charge in [0.1, 0.15) is 11.4 Å². The molecule has 23 heavy (non-hydrogen) atoms. The monoisotopic (exact) mass is 383 g/mol. The zero-order valence-electron chi connectivity index (χ0n) is 14.1. The molecule has 0 atom stereocenters. The summed E-state index contributed by atoms with van der Waals surface area (Å²) in [6.45, 7) is 10.5. The number of rotatable bonds is 4. The van der Waals surface area contributed by atoms with Crippen LogP contribution in [-0.2, 0) is 16.1 Å². The van der Waals surface area contributed by atoms with Gasteiger partial charge in [-0.15, -0.1) is 0 Å². The highest BCUT2D eigenvalue weighted by atomic mass is 79.9. The lowest BCUT2D eigenvalue weighted by atomic mass is 10.2. The molecule has 6 heteroatoms. The summed E-state index contributed by atoms with van der Waals surface area (Å²) in [5.41, 5.74) is 0.288. The number of ether oxygens (including phenoxy) is 2. The molecule has 0 aliphatic carbocycles. The Morgan fingerprint density at radius 2 is 1.91 bits per heavy atom. The number of benzene rings is 1. The fourth-order valence-electron chi connectivity index (χ4n) is 1.74. The first-order valence-corrected chi connectivity index (χ1v) is 7.87. The van der Waals surface area contributed by atoms with Crippen molar-refractivity contribution in [1.29, 1.82) is 0 Å². The number of methoxy groups -OCH3 is 1. The second kappa shape index (κ2) is 7.64. The highest BCUT2D eigenvalue weighted by molar-refractivity contribution is 9.10. The van der Waals surface area contributed by atoms with Crippen LogP contribution in [0.4, 0.5) is 4.79 Å². The smallest absolute Gasteiger partial charge is 0.417 e. The molecule has 0 heterocycles. The molecule has 5 nitrogen and oxygen atoms in total. The normalized spacial score (nSPS) is 10.9. The standard InChI is InChI=1S/C17H22BrNO4/c1-11(2)15(20)19(16(21)23-17(3,4)5)10-12-9-13(22-6)7-8-14(12)18/h7-9H,1,10H2,2-6H3. The van der Waals surface area contributed by atoms with E-state index < -0.39 is 17.6 Å². The lowest BCUT2D eigenvalue weighted by molar-refractivity contribution is -0.126. The van der Waals surface area contributed by atoms with Gasteiger partial charge in [-0.25, -0.2) is 9.69 Å². The topological polar surface area (TPSA) is 55.8 Å². The van der Waals surface area contributed by atoms with Crippen molar-refractivity contribution in [1.82, 2.24) is 4.90 Å². The van der Waals surface area contributed by atoms with Crippen LogP contribution in [0.15, 0.2) is 34.8 Å². The van der Waals surface area contributed by atoms with Crippen molar-refractivity contribution in [3.05, 3.63) is 40.4 Å². The summed E-state index contributed by atoms with van der Waals surface area (Å²) in [4.78, 5) is 25.7. The highest BCUT2D eigenvalue weighted by Gasteiger charge is 2.28. The van der Waals surface area contributed by atoms with Crippen LogP contribution < -0.4 is 4.74 Å². The van der Waals surface area contributed by atoms with Crippen LogP contribution in [0.3, 0.4) is 0 Å². The molecular weight excluding hydrogens is 362 g/mol. The lowest BCUT2D eigenvalue weighted by Gasteiger charge is -2.26. The maximum Gasteiger partial charge on any atom is 0.417 e. The van der Waals surface area contributed by atoms with Crippen molar-refractivity contribution in [2.75, 3.05) is 7.11 Å². The molecule has 1 aromatic rings. The van der Waals surface area contributed by atoms with E-state index in [1.807, 2.05) is 0 Å². The van der Waals surface area contributed by atoms with Gasteiger partial charge in [-0.1, -0.05) is 22.5 Å². The predicted octanol–water partition coefficient (Wildman–Crippen LogP) is 4.30. The second-order valence-electron chi connectivity index (χ2n) is 6.11. The van der Waals surface area contributed by atoms with E-state index >= 15 is 0 Å². The summed E-state index contributed by atoms with van der Waals surface area (Å²) in [6.07, 6.45) is -0.708. The summed E-state index contributed by atoms with van der Waals surface area (Å²) in [5.74, 6) is 0.157. The van der Waals surface area contributed by atoms with Crippen molar-refractivity contribution in [3.8, 4) is 5.75 Å². The van der Waals surface area contributed by atoms with E-state index in [1.165, 1.54) is 0 Å². The predicted molar refractivity (Wildman–Crippen MR) is 92.3 cm³/mol. The van der Waals surface area contributed by atoms with Gasteiger partial charge in [0.15, 0.2) is 0 Å². The number of halogens is 1. The fourth-order valence-corrected chi connectivity index (χ4v) is 2.11. The Kier molecular flexibility index (Phi) is 6.38. The van der Waals surface area contributed by atoms with Crippen molar-refractivity contribution in [2.24, 2.45) is 0 Å². The summed E-state index contributed by atoms with van der Waals surface area (Å²) in [5, 5.41) is 0. The lowest BCUT2D eigenvalue weighted by Crippen LogP contribution is -2.40. The van der Waals surface area contributed by atoms with Crippen LogP contribution in [0.2, 0.25) is 0 Å². The van der Waals surface area contributed by atoms with Crippen molar-refractivity contribution >= 4 is 27.9 Å². The molecule has 0 fully saturated rings. The molecule has 0 radical (unpaired) electrons. The first kappa shape index (κ1) is 19.2. The summed E-state index contributed by atoms with van der Waals surface area (Å²) < 4.78 is 11.3. The van der Waals surface area contributed by atoms with Crippen LogP contribution in [0.1, 0.15) is 33.3 Å². The number of carbonyl (C=O) groups is 2. The molecule has 0 N–H and O–H groups in total. The molecule has 0 aromatic heterocycles. The molecule has 126 valence electrons. The van der Waals surface area contributed by atoms with Gasteiger partial charge in [0, 0.05) is 10.0 Å². The van der Waals surface area contributed by atoms with Crippen LogP contribution in [0, 0.1) is 0 Å². The number of carbonyl (C=O) groups excluding carboxylic acids is 2. The number of nitrogens with zero attached hydrogens (tertiary/aromatic N) is 1. The van der Waals surface area contributed by atoms with Crippen molar-refractivity contribution in [3.63, 3.8) is 0 Å². The van der Waals surface area contributed by atoms with Gasteiger partial charge < -0.3 is 9.47 Å². The van der Waals surface area contributed by atoms with E-state index in [2.05, 4.69) is 22.5 Å². The summed E-state index contributed by atoms with van der Waals surface area (Å²) in [6, 6.07) is 5.34. The van der Waals surface area contributed by atoms with E-state index in [4.69, 9.17) is 9.47 Å². The SMILES string of the molecule is C=C(C)C(=O)N(Cc1cc(OC)ccc1Br)C(=O)OC(C)(C)C. The molecule has 1 aromatic carbocycles. The minimum Gasteiger partial charge on any atom is -0.497 e. The van der Waals surface area contributed by atoms with Gasteiger partial charge >= 0.3 is 6.09 Å². The minimum atomic E-state index is -0.708. The number of imide groups is 1. The van der Waals surface area contributed by atoms with Gasteiger partial charge in [0.25, 0.3) is 5.91 Å². The van der Waals surface area contributed by atoms with Crippen LogP contribution in [0.5, 0.6) is 5.75 Å². The summed E-state index contributed by atoms with van der Waals surface area (Å²) >= 11 is 3.42. The Bertz CT molecular complexity index is 620. The van der Waals surface area contributed by atoms with Gasteiger partial charge in [-0.2, -0.15) is 0 Å². The van der Waals surface area contributed by atoms with Gasteiger partial charge in [0.2, 0.25) is 0 Å². The zero-order chi connectivity index (χ0) is 17.8. The van der Waals surface area contributed by atoms with Crippen LogP contribution in [0.25, 0.3) is 0 Å². The number of hydrogen-bond acceptors (Lipinski definition) is 4. The van der Waals surface area contributed by atoms with E-state index in [0.717, 1.165) is 14.9 Å². The second-order valence-corrected chi connectivity index (χ2v) is 6.96. The average molecular weight is 384 g/mol. The average Bonchev–Trinajstić information content (AvgIpc) is 2.43. The van der Waals surface area contributed by atoms with Crippen molar-refractivity contribution < 1.29 is 19.1 Å². The Labute approximate surface area is 145 Å². The third-order valence-corrected chi connectivity index (χ3v) is 3.58. The zero-order valence-corrected chi connectivity index (χ0v) is 15.7. The molecule has 0 saturated heterocycles. The van der Waals surface area contributed by atoms with Crippen molar-refractivity contribution in [2.45, 2.75) is 39.8 Å². The third-order valence-electron chi connectivity index (χ3n) is 2.81. The van der Waals surface area contributed by atoms with Crippen LogP contribution >= 0.6 is 15.9 Å². The van der Waals surface area contributed by atoms with Crippen LogP contribution in [-0.4, -0.2) is 29.6 Å². The Balaban J connectivity index is 3.13. The first-order chi connectivity index (χ1) is 10.5. The fraction of sp³-hybridized carbons (Fsp3) is 0.412. The van der Waals surface area contributed by atoms with E-state index in [1.54, 1.807) is 53.0 Å². The van der Waals surface area contributed by atoms with Gasteiger partial charge in [-0.05, 0) is 51.5 Å². The molecule has 0 spiro atoms. The maximum absolute atomic E-state index is 12.4. The molecular formula is C17H22BrNO4. The first-order valence-electron chi connectivity index (χ1n) is 7.08. The molecule has 1 rings (SSSR count). The minimum absolute atomic E-state index is 0.0540. The molecule has 0 saturated carbocycles.